The maximum Gasteiger partial charge on any atom is 0.225 e. The van der Waals surface area contributed by atoms with Crippen LogP contribution in [0, 0.1) is 5.92 Å². The summed E-state index contributed by atoms with van der Waals surface area (Å²) in [6.07, 6.45) is 1.58. The van der Waals surface area contributed by atoms with Crippen molar-refractivity contribution in [2.75, 3.05) is 26.5 Å². The number of nitrogens with zero attached hydrogens (tertiary/aromatic N) is 1. The minimum absolute atomic E-state index is 0. The van der Waals surface area contributed by atoms with E-state index in [0.717, 1.165) is 11.1 Å². The average molecular weight is 421 g/mol. The molecule has 160 valence electrons. The molecule has 6 nitrogen and oxygen atoms in total. The number of hydrogen-bond donors (Lipinski definition) is 1. The van der Waals surface area contributed by atoms with Crippen LogP contribution in [-0.2, 0) is 28.9 Å². The standard InChI is InChI=1S/C22H30N2O4S.H2/c1-17(2)22(25)24(13-12-23-29(4)26)15-19-10-11-20(21(14-19)27-3)28-16-18-8-6-5-7-9-18;/h5-11,14,17,23H,12-13,15-16H2,1-4H3;1H. The highest BCUT2D eigenvalue weighted by molar-refractivity contribution is 7.82. The van der Waals surface area contributed by atoms with E-state index >= 15 is 0 Å². The molecule has 2 aromatic carbocycles. The van der Waals surface area contributed by atoms with Crippen molar-refractivity contribution < 1.29 is 19.9 Å². The molecule has 0 spiro atoms. The molecular formula is C22H32N2O4S. The fourth-order valence-corrected chi connectivity index (χ4v) is 3.22. The van der Waals surface area contributed by atoms with Crippen molar-refractivity contribution in [1.82, 2.24) is 9.62 Å². The van der Waals surface area contributed by atoms with Crippen molar-refractivity contribution >= 4 is 16.9 Å². The number of methoxy groups -OCH3 is 1. The molecule has 1 atom stereocenters. The van der Waals surface area contributed by atoms with Crippen molar-refractivity contribution in [1.29, 1.82) is 0 Å². The third kappa shape index (κ3) is 7.51. The minimum atomic E-state index is -1.10. The number of hydrogen-bond acceptors (Lipinski definition) is 4. The van der Waals surface area contributed by atoms with Crippen LogP contribution in [0.1, 0.15) is 26.4 Å². The Morgan fingerprint density at radius 1 is 1.14 bits per heavy atom. The average Bonchev–Trinajstić information content (AvgIpc) is 2.71. The summed E-state index contributed by atoms with van der Waals surface area (Å²) in [5.41, 5.74) is 2.02. The first-order chi connectivity index (χ1) is 13.9. The Balaban J connectivity index is 0.00000450. The first kappa shape index (κ1) is 22.9. The molecule has 1 unspecified atom stereocenters. The molecule has 0 bridgehead atoms. The van der Waals surface area contributed by atoms with E-state index in [9.17, 15) is 9.00 Å². The Kier molecular flexibility index (Phi) is 9.15. The maximum absolute atomic E-state index is 12.6. The van der Waals surface area contributed by atoms with Crippen LogP contribution in [0.5, 0.6) is 11.5 Å². The lowest BCUT2D eigenvalue weighted by molar-refractivity contribution is -0.135. The minimum Gasteiger partial charge on any atom is -0.493 e. The number of carbonyl (C=O) groups is 1. The summed E-state index contributed by atoms with van der Waals surface area (Å²) in [6, 6.07) is 15.6. The third-order valence-electron chi connectivity index (χ3n) is 4.33. The first-order valence-electron chi connectivity index (χ1n) is 9.60. The van der Waals surface area contributed by atoms with Gasteiger partial charge in [-0.2, -0.15) is 0 Å². The SMILES string of the molecule is COc1cc(CN(CCNS(C)=O)C(=O)C(C)C)ccc1OCc1ccccc1.[HH]. The number of amides is 1. The Hall–Kier alpha value is -2.38. The van der Waals surface area contributed by atoms with E-state index in [1.165, 1.54) is 0 Å². The van der Waals surface area contributed by atoms with Crippen molar-refractivity contribution in [3.8, 4) is 11.5 Å². The van der Waals surface area contributed by atoms with Gasteiger partial charge in [0.25, 0.3) is 0 Å². The number of benzene rings is 2. The number of nitrogens with one attached hydrogen (secondary N) is 1. The lowest BCUT2D eigenvalue weighted by Gasteiger charge is -2.25. The van der Waals surface area contributed by atoms with Crippen LogP contribution < -0.4 is 14.2 Å². The number of carbonyl (C=O) groups excluding carboxylic acids is 1. The molecule has 0 fully saturated rings. The highest BCUT2D eigenvalue weighted by Gasteiger charge is 2.18. The van der Waals surface area contributed by atoms with Gasteiger partial charge in [-0.15, -0.1) is 0 Å². The Morgan fingerprint density at radius 2 is 1.86 bits per heavy atom. The zero-order chi connectivity index (χ0) is 21.2. The van der Waals surface area contributed by atoms with Crippen LogP contribution in [0.4, 0.5) is 0 Å². The van der Waals surface area contributed by atoms with Crippen LogP contribution in [-0.4, -0.2) is 41.5 Å². The summed E-state index contributed by atoms with van der Waals surface area (Å²) < 4.78 is 25.5. The molecule has 0 saturated carbocycles. The smallest absolute Gasteiger partial charge is 0.225 e. The molecule has 1 N–H and O–H groups in total. The van der Waals surface area contributed by atoms with Crippen LogP contribution in [0.2, 0.25) is 0 Å². The topological polar surface area (TPSA) is 67.9 Å². The van der Waals surface area contributed by atoms with E-state index in [1.807, 2.05) is 62.4 Å². The Morgan fingerprint density at radius 3 is 2.48 bits per heavy atom. The van der Waals surface area contributed by atoms with Gasteiger partial charge >= 0.3 is 0 Å². The fourth-order valence-electron chi connectivity index (χ4n) is 2.84. The predicted octanol–water partition coefficient (Wildman–Crippen LogP) is 3.39. The van der Waals surface area contributed by atoms with Gasteiger partial charge in [-0.1, -0.05) is 50.2 Å². The summed E-state index contributed by atoms with van der Waals surface area (Å²) in [7, 11) is 0.500. The van der Waals surface area contributed by atoms with E-state index in [4.69, 9.17) is 9.47 Å². The number of ether oxygens (including phenoxy) is 2. The zero-order valence-electron chi connectivity index (χ0n) is 17.5. The van der Waals surface area contributed by atoms with Gasteiger partial charge in [0, 0.05) is 33.2 Å². The Bertz CT molecular complexity index is 818. The van der Waals surface area contributed by atoms with Gasteiger partial charge in [-0.3, -0.25) is 4.79 Å². The summed E-state index contributed by atoms with van der Waals surface area (Å²) in [5.74, 6) is 1.22. The van der Waals surface area contributed by atoms with Gasteiger partial charge in [-0.05, 0) is 23.3 Å². The lowest BCUT2D eigenvalue weighted by atomic mass is 10.1. The van der Waals surface area contributed by atoms with Gasteiger partial charge in [0.1, 0.15) is 6.61 Å². The molecule has 0 saturated heterocycles. The molecule has 0 aliphatic rings. The van der Waals surface area contributed by atoms with E-state index in [1.54, 1.807) is 18.3 Å². The fraction of sp³-hybridized carbons (Fsp3) is 0.409. The zero-order valence-corrected chi connectivity index (χ0v) is 18.3. The normalized spacial score (nSPS) is 11.9. The van der Waals surface area contributed by atoms with Crippen LogP contribution >= 0.6 is 0 Å². The Labute approximate surface area is 177 Å². The summed E-state index contributed by atoms with van der Waals surface area (Å²) >= 11 is 0. The summed E-state index contributed by atoms with van der Waals surface area (Å²) in [5, 5.41) is 0. The van der Waals surface area contributed by atoms with E-state index in [-0.39, 0.29) is 13.3 Å². The monoisotopic (exact) mass is 420 g/mol. The largest absolute Gasteiger partial charge is 0.493 e. The van der Waals surface area contributed by atoms with E-state index in [0.29, 0.717) is 37.7 Å². The molecule has 0 aliphatic heterocycles. The first-order valence-corrected chi connectivity index (χ1v) is 11.2. The van der Waals surface area contributed by atoms with Gasteiger partial charge in [0.2, 0.25) is 5.91 Å². The quantitative estimate of drug-likeness (QED) is 0.605. The molecule has 1 amide bonds. The van der Waals surface area contributed by atoms with Crippen molar-refractivity contribution in [3.05, 3.63) is 59.7 Å². The van der Waals surface area contributed by atoms with E-state index < -0.39 is 11.0 Å². The second kappa shape index (κ2) is 11.6. The van der Waals surface area contributed by atoms with Crippen molar-refractivity contribution in [2.45, 2.75) is 27.0 Å². The van der Waals surface area contributed by atoms with E-state index in [2.05, 4.69) is 4.72 Å². The molecule has 7 heteroatoms. The van der Waals surface area contributed by atoms with Gasteiger partial charge in [0.05, 0.1) is 18.1 Å². The maximum atomic E-state index is 12.6. The van der Waals surface area contributed by atoms with Gasteiger partial charge in [-0.25, -0.2) is 8.93 Å². The molecule has 2 rings (SSSR count). The highest BCUT2D eigenvalue weighted by Crippen LogP contribution is 2.29. The molecule has 2 aromatic rings. The summed E-state index contributed by atoms with van der Waals surface area (Å²) in [4.78, 5) is 14.3. The van der Waals surface area contributed by atoms with Crippen molar-refractivity contribution in [3.63, 3.8) is 0 Å². The lowest BCUT2D eigenvalue weighted by Crippen LogP contribution is -2.39. The van der Waals surface area contributed by atoms with Crippen LogP contribution in [0.3, 0.4) is 0 Å². The van der Waals surface area contributed by atoms with Gasteiger partial charge in [0.15, 0.2) is 11.5 Å². The molecule has 0 aromatic heterocycles. The van der Waals surface area contributed by atoms with Crippen molar-refractivity contribution in [2.24, 2.45) is 5.92 Å². The molecule has 29 heavy (non-hydrogen) atoms. The predicted molar refractivity (Wildman–Crippen MR) is 118 cm³/mol. The molecule has 0 aliphatic carbocycles. The van der Waals surface area contributed by atoms with Crippen LogP contribution in [0.25, 0.3) is 0 Å². The second-order valence-electron chi connectivity index (χ2n) is 7.02. The second-order valence-corrected chi connectivity index (χ2v) is 8.22. The highest BCUT2D eigenvalue weighted by atomic mass is 32.2. The molecule has 0 radical (unpaired) electrons. The van der Waals surface area contributed by atoms with Gasteiger partial charge < -0.3 is 14.4 Å². The molecule has 0 heterocycles. The molecular weight excluding hydrogens is 388 g/mol. The van der Waals surface area contributed by atoms with Crippen LogP contribution in [0.15, 0.2) is 48.5 Å². The summed E-state index contributed by atoms with van der Waals surface area (Å²) in [6.45, 7) is 5.60. The third-order valence-corrected chi connectivity index (χ3v) is 4.94. The number of rotatable bonds is 11.